The lowest BCUT2D eigenvalue weighted by Crippen LogP contribution is -2.49. The molecule has 5 nitrogen and oxygen atoms in total. The number of aromatic nitrogens is 3. The van der Waals surface area contributed by atoms with E-state index < -0.39 is 0 Å². The van der Waals surface area contributed by atoms with Crippen molar-refractivity contribution in [1.29, 1.82) is 0 Å². The van der Waals surface area contributed by atoms with Crippen LogP contribution in [-0.4, -0.2) is 52.1 Å². The van der Waals surface area contributed by atoms with E-state index in [1.54, 1.807) is 0 Å². The van der Waals surface area contributed by atoms with Gasteiger partial charge in [0.25, 0.3) is 0 Å². The van der Waals surface area contributed by atoms with Gasteiger partial charge >= 0.3 is 0 Å². The van der Waals surface area contributed by atoms with Crippen LogP contribution in [0.2, 0.25) is 0 Å². The molecule has 0 unspecified atom stereocenters. The third-order valence-corrected chi connectivity index (χ3v) is 4.20. The van der Waals surface area contributed by atoms with Gasteiger partial charge in [-0.2, -0.15) is 0 Å². The second-order valence-electron chi connectivity index (χ2n) is 6.06. The Morgan fingerprint density at radius 2 is 1.74 bits per heavy atom. The molecule has 2 aromatic heterocycles. The topological polar surface area (TPSA) is 45.2 Å². The van der Waals surface area contributed by atoms with Gasteiger partial charge in [0.15, 0.2) is 0 Å². The Kier molecular flexibility index (Phi) is 5.66. The summed E-state index contributed by atoms with van der Waals surface area (Å²) in [5.74, 6) is 0.970. The third kappa shape index (κ3) is 4.05. The van der Waals surface area contributed by atoms with Gasteiger partial charge in [-0.25, -0.2) is 4.98 Å². The van der Waals surface area contributed by atoms with Crippen LogP contribution in [0.5, 0.6) is 0 Å². The molecular weight excluding hydrogens is 286 g/mol. The van der Waals surface area contributed by atoms with Crippen LogP contribution in [0.3, 0.4) is 0 Å². The third-order valence-electron chi connectivity index (χ3n) is 4.20. The Morgan fingerprint density at radius 1 is 1.00 bits per heavy atom. The summed E-state index contributed by atoms with van der Waals surface area (Å²) in [5, 5.41) is 0. The van der Waals surface area contributed by atoms with Crippen LogP contribution in [0.15, 0.2) is 30.7 Å². The molecule has 0 N–H and O–H groups in total. The highest BCUT2D eigenvalue weighted by Gasteiger charge is 2.19. The van der Waals surface area contributed by atoms with Gasteiger partial charge in [-0.3, -0.25) is 14.9 Å². The van der Waals surface area contributed by atoms with Crippen molar-refractivity contribution < 1.29 is 0 Å². The van der Waals surface area contributed by atoms with Gasteiger partial charge in [-0.1, -0.05) is 7.43 Å². The largest absolute Gasteiger partial charge is 0.353 e. The summed E-state index contributed by atoms with van der Waals surface area (Å²) in [6.07, 6.45) is 5.56. The van der Waals surface area contributed by atoms with E-state index in [0.29, 0.717) is 6.04 Å². The van der Waals surface area contributed by atoms with Crippen molar-refractivity contribution in [2.24, 2.45) is 0 Å². The number of piperazine rings is 1. The smallest absolute Gasteiger partial charge is 0.147 e. The number of rotatable bonds is 3. The monoisotopic (exact) mass is 313 g/mol. The van der Waals surface area contributed by atoms with Crippen molar-refractivity contribution >= 4 is 5.82 Å². The minimum Gasteiger partial charge on any atom is -0.353 e. The highest BCUT2D eigenvalue weighted by atomic mass is 15.3. The average Bonchev–Trinajstić information content (AvgIpc) is 2.55. The molecule has 0 aromatic carbocycles. The molecule has 0 spiro atoms. The van der Waals surface area contributed by atoms with E-state index >= 15 is 0 Å². The SMILES string of the molecule is C.Cc1cc(-c2cnc(N3CCN(C(C)C)CC3)cn2)ccn1. The molecule has 5 heteroatoms. The number of pyridine rings is 1. The van der Waals surface area contributed by atoms with Crippen LogP contribution in [0, 0.1) is 6.92 Å². The quantitative estimate of drug-likeness (QED) is 0.871. The van der Waals surface area contributed by atoms with Gasteiger partial charge in [-0.05, 0) is 32.9 Å². The molecule has 23 heavy (non-hydrogen) atoms. The minimum absolute atomic E-state index is 0. The normalized spacial score (nSPS) is 15.6. The van der Waals surface area contributed by atoms with Crippen LogP contribution < -0.4 is 4.90 Å². The second kappa shape index (κ2) is 7.51. The maximum Gasteiger partial charge on any atom is 0.147 e. The fraction of sp³-hybridized carbons (Fsp3) is 0.500. The van der Waals surface area contributed by atoms with E-state index in [-0.39, 0.29) is 7.43 Å². The average molecular weight is 313 g/mol. The lowest BCUT2D eigenvalue weighted by Gasteiger charge is -2.37. The lowest BCUT2D eigenvalue weighted by molar-refractivity contribution is 0.209. The van der Waals surface area contributed by atoms with E-state index in [1.165, 1.54) is 0 Å². The first-order chi connectivity index (χ1) is 10.6. The summed E-state index contributed by atoms with van der Waals surface area (Å²) < 4.78 is 0. The zero-order chi connectivity index (χ0) is 15.5. The Labute approximate surface area is 139 Å². The molecule has 0 amide bonds. The molecule has 0 aliphatic carbocycles. The van der Waals surface area contributed by atoms with Gasteiger partial charge in [0, 0.05) is 49.7 Å². The van der Waals surface area contributed by atoms with E-state index in [4.69, 9.17) is 0 Å². The van der Waals surface area contributed by atoms with Crippen molar-refractivity contribution in [1.82, 2.24) is 19.9 Å². The highest BCUT2D eigenvalue weighted by Crippen LogP contribution is 2.19. The van der Waals surface area contributed by atoms with E-state index in [2.05, 4.69) is 38.6 Å². The zero-order valence-electron chi connectivity index (χ0n) is 13.5. The maximum absolute atomic E-state index is 4.60. The van der Waals surface area contributed by atoms with E-state index in [0.717, 1.165) is 48.9 Å². The summed E-state index contributed by atoms with van der Waals surface area (Å²) in [6.45, 7) is 10.7. The maximum atomic E-state index is 4.60. The molecule has 0 radical (unpaired) electrons. The Morgan fingerprint density at radius 3 is 2.30 bits per heavy atom. The molecule has 3 rings (SSSR count). The van der Waals surface area contributed by atoms with Crippen LogP contribution >= 0.6 is 0 Å². The van der Waals surface area contributed by atoms with Crippen molar-refractivity contribution in [3.63, 3.8) is 0 Å². The minimum atomic E-state index is 0. The predicted octanol–water partition coefficient (Wildman–Crippen LogP) is 3.01. The molecular formula is C18H27N5. The molecule has 1 aliphatic rings. The number of hydrogen-bond donors (Lipinski definition) is 0. The van der Waals surface area contributed by atoms with Gasteiger partial charge in [0.2, 0.25) is 0 Å². The number of hydrogen-bond acceptors (Lipinski definition) is 5. The van der Waals surface area contributed by atoms with Crippen molar-refractivity contribution in [2.75, 3.05) is 31.1 Å². The number of anilines is 1. The molecule has 3 heterocycles. The summed E-state index contributed by atoms with van der Waals surface area (Å²) in [4.78, 5) is 18.2. The molecule has 2 aromatic rings. The predicted molar refractivity (Wildman–Crippen MR) is 95.7 cm³/mol. The first-order valence-electron chi connectivity index (χ1n) is 7.87. The highest BCUT2D eigenvalue weighted by molar-refractivity contribution is 5.58. The van der Waals surface area contributed by atoms with Gasteiger partial charge in [0.05, 0.1) is 18.1 Å². The van der Waals surface area contributed by atoms with Crippen molar-refractivity contribution in [3.8, 4) is 11.3 Å². The van der Waals surface area contributed by atoms with Gasteiger partial charge in [-0.15, -0.1) is 0 Å². The fourth-order valence-corrected chi connectivity index (χ4v) is 2.81. The van der Waals surface area contributed by atoms with E-state index in [1.807, 2.05) is 37.6 Å². The van der Waals surface area contributed by atoms with Gasteiger partial charge < -0.3 is 4.90 Å². The van der Waals surface area contributed by atoms with E-state index in [9.17, 15) is 0 Å². The standard InChI is InChI=1S/C17H23N5.CH4/c1-13(2)21-6-8-22(9-7-21)17-12-19-16(11-20-17)15-4-5-18-14(3)10-15;/h4-5,10-13H,6-9H2,1-3H3;1H4. The molecule has 1 aliphatic heterocycles. The number of aryl methyl sites for hydroxylation is 1. The first-order valence-corrected chi connectivity index (χ1v) is 7.87. The molecule has 1 fully saturated rings. The summed E-state index contributed by atoms with van der Waals surface area (Å²) >= 11 is 0. The Balaban J connectivity index is 0.00000192. The summed E-state index contributed by atoms with van der Waals surface area (Å²) in [5.41, 5.74) is 2.96. The Hall–Kier alpha value is -2.01. The lowest BCUT2D eigenvalue weighted by atomic mass is 10.2. The molecule has 1 saturated heterocycles. The van der Waals surface area contributed by atoms with Crippen molar-refractivity contribution in [2.45, 2.75) is 34.2 Å². The van der Waals surface area contributed by atoms with Gasteiger partial charge in [0.1, 0.15) is 5.82 Å². The van der Waals surface area contributed by atoms with Crippen molar-refractivity contribution in [3.05, 3.63) is 36.4 Å². The molecule has 0 bridgehead atoms. The number of nitrogens with zero attached hydrogens (tertiary/aromatic N) is 5. The fourth-order valence-electron chi connectivity index (χ4n) is 2.81. The van der Waals surface area contributed by atoms with Crippen LogP contribution in [0.4, 0.5) is 5.82 Å². The first kappa shape index (κ1) is 17.3. The second-order valence-corrected chi connectivity index (χ2v) is 6.06. The molecule has 0 saturated carbocycles. The Bertz CT molecular complexity index is 616. The zero-order valence-corrected chi connectivity index (χ0v) is 13.5. The molecule has 0 atom stereocenters. The molecule has 124 valence electrons. The van der Waals surface area contributed by atoms with Crippen LogP contribution in [0.1, 0.15) is 27.0 Å². The summed E-state index contributed by atoms with van der Waals surface area (Å²) in [6, 6.07) is 4.62. The van der Waals surface area contributed by atoms with Crippen LogP contribution in [0.25, 0.3) is 11.3 Å². The van der Waals surface area contributed by atoms with Crippen LogP contribution in [-0.2, 0) is 0 Å². The summed E-state index contributed by atoms with van der Waals surface area (Å²) in [7, 11) is 0.